The van der Waals surface area contributed by atoms with Crippen molar-refractivity contribution in [1.29, 1.82) is 0 Å². The van der Waals surface area contributed by atoms with E-state index in [2.05, 4.69) is 23.9 Å². The third kappa shape index (κ3) is 4.05. The van der Waals surface area contributed by atoms with Crippen molar-refractivity contribution in [2.24, 2.45) is 5.41 Å². The topological polar surface area (TPSA) is 58.2 Å². The summed E-state index contributed by atoms with van der Waals surface area (Å²) in [7, 11) is -1.53. The zero-order valence-corrected chi connectivity index (χ0v) is 14.1. The number of nitrogens with one attached hydrogen (secondary N) is 2. The average Bonchev–Trinajstić information content (AvgIpc) is 2.76. The molecule has 2 atom stereocenters. The summed E-state index contributed by atoms with van der Waals surface area (Å²) in [6, 6.07) is 7.38. The van der Waals surface area contributed by atoms with Crippen molar-refractivity contribution >= 4 is 10.0 Å². The molecule has 1 saturated carbocycles. The van der Waals surface area contributed by atoms with Crippen molar-refractivity contribution in [3.63, 3.8) is 0 Å². The van der Waals surface area contributed by atoms with Crippen LogP contribution in [0.15, 0.2) is 29.2 Å². The van der Waals surface area contributed by atoms with Crippen molar-refractivity contribution < 1.29 is 8.42 Å². The fraction of sp³-hybridized carbons (Fsp3) is 0.625. The zero-order chi connectivity index (χ0) is 15.7. The predicted octanol–water partition coefficient (Wildman–Crippen LogP) is 2.82. The van der Waals surface area contributed by atoms with Gasteiger partial charge in [-0.05, 0) is 56.3 Å². The van der Waals surface area contributed by atoms with Gasteiger partial charge >= 0.3 is 0 Å². The van der Waals surface area contributed by atoms with Crippen LogP contribution in [0.3, 0.4) is 0 Å². The molecule has 0 saturated heterocycles. The fourth-order valence-electron chi connectivity index (χ4n) is 2.93. The Kier molecular flexibility index (Phi) is 4.76. The van der Waals surface area contributed by atoms with Crippen LogP contribution in [0.5, 0.6) is 0 Å². The lowest BCUT2D eigenvalue weighted by atomic mass is 9.92. The molecule has 1 aromatic rings. The molecule has 0 aromatic heterocycles. The van der Waals surface area contributed by atoms with E-state index in [0.29, 0.717) is 4.90 Å². The molecule has 0 radical (unpaired) electrons. The van der Waals surface area contributed by atoms with Crippen molar-refractivity contribution in [2.45, 2.75) is 57.0 Å². The van der Waals surface area contributed by atoms with Gasteiger partial charge in [0.1, 0.15) is 0 Å². The van der Waals surface area contributed by atoms with Gasteiger partial charge < -0.3 is 5.32 Å². The minimum absolute atomic E-state index is 0.0564. The first kappa shape index (κ1) is 16.5. The van der Waals surface area contributed by atoms with Crippen LogP contribution in [0.1, 0.15) is 51.6 Å². The van der Waals surface area contributed by atoms with Gasteiger partial charge in [0, 0.05) is 12.1 Å². The van der Waals surface area contributed by atoms with Crippen molar-refractivity contribution in [3.8, 4) is 0 Å². The van der Waals surface area contributed by atoms with E-state index >= 15 is 0 Å². The molecular formula is C16H26N2O2S. The van der Waals surface area contributed by atoms with Crippen LogP contribution < -0.4 is 10.0 Å². The van der Waals surface area contributed by atoms with Gasteiger partial charge in [-0.3, -0.25) is 0 Å². The molecule has 1 aromatic carbocycles. The Morgan fingerprint density at radius 1 is 1.24 bits per heavy atom. The molecule has 21 heavy (non-hydrogen) atoms. The van der Waals surface area contributed by atoms with E-state index in [0.717, 1.165) is 24.8 Å². The van der Waals surface area contributed by atoms with Gasteiger partial charge in [0.2, 0.25) is 10.0 Å². The smallest absolute Gasteiger partial charge is 0.240 e. The van der Waals surface area contributed by atoms with E-state index in [-0.39, 0.29) is 17.5 Å². The summed E-state index contributed by atoms with van der Waals surface area (Å²) in [6.07, 6.45) is 2.89. The molecule has 0 bridgehead atoms. The number of sulfonamides is 1. The van der Waals surface area contributed by atoms with Crippen LogP contribution in [0.4, 0.5) is 0 Å². The summed E-state index contributed by atoms with van der Waals surface area (Å²) in [5.41, 5.74) is 1.32. The molecule has 0 heterocycles. The van der Waals surface area contributed by atoms with Crippen molar-refractivity contribution in [3.05, 3.63) is 29.8 Å². The SMILES string of the molecule is CNC(C)c1ccc(S(=O)(=O)NC2CCC(C)(C)C2)cc1. The summed E-state index contributed by atoms with van der Waals surface area (Å²) in [4.78, 5) is 0.347. The largest absolute Gasteiger partial charge is 0.313 e. The van der Waals surface area contributed by atoms with Crippen LogP contribution >= 0.6 is 0 Å². The molecule has 0 aliphatic heterocycles. The van der Waals surface area contributed by atoms with Gasteiger partial charge in [0.15, 0.2) is 0 Å². The van der Waals surface area contributed by atoms with Crippen molar-refractivity contribution in [1.82, 2.24) is 10.0 Å². The highest BCUT2D eigenvalue weighted by molar-refractivity contribution is 7.89. The van der Waals surface area contributed by atoms with Gasteiger partial charge in [-0.15, -0.1) is 0 Å². The highest BCUT2D eigenvalue weighted by Gasteiger charge is 2.33. The standard InChI is InChI=1S/C16H26N2O2S/c1-12(17-4)13-5-7-15(8-6-13)21(19,20)18-14-9-10-16(2,3)11-14/h5-8,12,14,17-18H,9-11H2,1-4H3. The summed E-state index contributed by atoms with van der Waals surface area (Å²) >= 11 is 0. The van der Waals surface area contributed by atoms with Crippen LogP contribution in [0, 0.1) is 5.41 Å². The number of hydrogen-bond acceptors (Lipinski definition) is 3. The molecule has 2 rings (SSSR count). The van der Waals surface area contributed by atoms with E-state index in [1.807, 2.05) is 26.1 Å². The molecule has 118 valence electrons. The van der Waals surface area contributed by atoms with Gasteiger partial charge in [0.25, 0.3) is 0 Å². The van der Waals surface area contributed by atoms with E-state index < -0.39 is 10.0 Å². The van der Waals surface area contributed by atoms with Crippen LogP contribution in [-0.2, 0) is 10.0 Å². The first-order valence-corrected chi connectivity index (χ1v) is 9.01. The molecule has 2 unspecified atom stereocenters. The first-order chi connectivity index (χ1) is 9.73. The Morgan fingerprint density at radius 2 is 1.86 bits per heavy atom. The van der Waals surface area contributed by atoms with Gasteiger partial charge in [-0.2, -0.15) is 0 Å². The minimum Gasteiger partial charge on any atom is -0.313 e. The number of hydrogen-bond donors (Lipinski definition) is 2. The van der Waals surface area contributed by atoms with Crippen molar-refractivity contribution in [2.75, 3.05) is 7.05 Å². The van der Waals surface area contributed by atoms with Gasteiger partial charge in [0.05, 0.1) is 4.90 Å². The average molecular weight is 310 g/mol. The Bertz CT molecular complexity index is 579. The fourth-order valence-corrected chi connectivity index (χ4v) is 4.20. The molecule has 1 aliphatic rings. The van der Waals surface area contributed by atoms with E-state index in [4.69, 9.17) is 0 Å². The lowest BCUT2D eigenvalue weighted by molar-refractivity contribution is 0.372. The Hall–Kier alpha value is -0.910. The summed E-state index contributed by atoms with van der Waals surface area (Å²) in [6.45, 7) is 6.42. The first-order valence-electron chi connectivity index (χ1n) is 7.53. The highest BCUT2D eigenvalue weighted by Crippen LogP contribution is 2.37. The quantitative estimate of drug-likeness (QED) is 0.879. The maximum Gasteiger partial charge on any atom is 0.240 e. The molecule has 2 N–H and O–H groups in total. The van der Waals surface area contributed by atoms with E-state index in [9.17, 15) is 8.42 Å². The lowest BCUT2D eigenvalue weighted by Crippen LogP contribution is -2.33. The number of rotatable bonds is 5. The second-order valence-corrected chi connectivity index (χ2v) is 8.52. The van der Waals surface area contributed by atoms with E-state index in [1.165, 1.54) is 0 Å². The lowest BCUT2D eigenvalue weighted by Gasteiger charge is -2.18. The Labute approximate surface area is 128 Å². The molecular weight excluding hydrogens is 284 g/mol. The minimum atomic E-state index is -3.41. The maximum absolute atomic E-state index is 12.4. The molecule has 1 fully saturated rings. The monoisotopic (exact) mass is 310 g/mol. The zero-order valence-electron chi connectivity index (χ0n) is 13.3. The second-order valence-electron chi connectivity index (χ2n) is 6.80. The van der Waals surface area contributed by atoms with Gasteiger partial charge in [-0.1, -0.05) is 26.0 Å². The summed E-state index contributed by atoms with van der Waals surface area (Å²) < 4.78 is 27.7. The Balaban J connectivity index is 2.09. The van der Waals surface area contributed by atoms with Gasteiger partial charge in [-0.25, -0.2) is 13.1 Å². The van der Waals surface area contributed by atoms with Crippen LogP contribution in [0.2, 0.25) is 0 Å². The van der Waals surface area contributed by atoms with Crippen LogP contribution in [0.25, 0.3) is 0 Å². The second kappa shape index (κ2) is 6.07. The summed E-state index contributed by atoms with van der Waals surface area (Å²) in [5.74, 6) is 0. The Morgan fingerprint density at radius 3 is 2.33 bits per heavy atom. The summed E-state index contributed by atoms with van der Waals surface area (Å²) in [5, 5.41) is 3.14. The highest BCUT2D eigenvalue weighted by atomic mass is 32.2. The molecule has 1 aliphatic carbocycles. The number of benzene rings is 1. The maximum atomic E-state index is 12.4. The van der Waals surface area contributed by atoms with Crippen LogP contribution in [-0.4, -0.2) is 21.5 Å². The molecule has 0 amide bonds. The molecule has 4 nitrogen and oxygen atoms in total. The normalized spacial score (nSPS) is 23.1. The molecule has 5 heteroatoms. The third-order valence-electron chi connectivity index (χ3n) is 4.41. The molecule has 0 spiro atoms. The third-order valence-corrected chi connectivity index (χ3v) is 5.95. The van der Waals surface area contributed by atoms with E-state index in [1.54, 1.807) is 12.1 Å². The predicted molar refractivity (Wildman–Crippen MR) is 85.7 cm³/mol.